The highest BCUT2D eigenvalue weighted by Gasteiger charge is 2.11. The number of aliphatic hydroxyl groups is 1. The normalized spacial score (nSPS) is 11.9. The van der Waals surface area contributed by atoms with Crippen LogP contribution in [-0.2, 0) is 6.42 Å². The van der Waals surface area contributed by atoms with E-state index in [2.05, 4.69) is 4.98 Å². The maximum Gasteiger partial charge on any atom is 0.213 e. The van der Waals surface area contributed by atoms with Crippen LogP contribution in [0.25, 0.3) is 0 Å². The van der Waals surface area contributed by atoms with Gasteiger partial charge in [-0.15, -0.1) is 0 Å². The Morgan fingerprint density at radius 3 is 2.63 bits per heavy atom. The summed E-state index contributed by atoms with van der Waals surface area (Å²) in [6, 6.07) is 13.0. The van der Waals surface area contributed by atoms with Crippen molar-refractivity contribution in [3.05, 3.63) is 53.7 Å². The van der Waals surface area contributed by atoms with Gasteiger partial charge in [-0.2, -0.15) is 0 Å². The molecule has 100 valence electrons. The molecule has 1 aromatic carbocycles. The first kappa shape index (κ1) is 13.4. The Morgan fingerprint density at radius 2 is 1.89 bits per heavy atom. The van der Waals surface area contributed by atoms with Crippen molar-refractivity contribution >= 4 is 0 Å². The molecular formula is C15H17NO3. The monoisotopic (exact) mass is 259 g/mol. The predicted molar refractivity (Wildman–Crippen MR) is 72.4 cm³/mol. The average molecular weight is 259 g/mol. The van der Waals surface area contributed by atoms with Gasteiger partial charge in [-0.1, -0.05) is 18.2 Å². The number of hydrogen-bond acceptors (Lipinski definition) is 4. The molecule has 1 heterocycles. The van der Waals surface area contributed by atoms with Gasteiger partial charge < -0.3 is 14.6 Å². The first-order valence-electron chi connectivity index (χ1n) is 6.05. The van der Waals surface area contributed by atoms with Gasteiger partial charge in [0.15, 0.2) is 0 Å². The molecule has 0 aliphatic carbocycles. The molecule has 0 radical (unpaired) electrons. The van der Waals surface area contributed by atoms with Gasteiger partial charge in [-0.25, -0.2) is 4.98 Å². The quantitative estimate of drug-likeness (QED) is 0.895. The van der Waals surface area contributed by atoms with Crippen molar-refractivity contribution in [3.8, 4) is 11.6 Å². The van der Waals surface area contributed by atoms with E-state index in [9.17, 15) is 5.11 Å². The van der Waals surface area contributed by atoms with E-state index in [1.165, 1.54) is 0 Å². The Kier molecular flexibility index (Phi) is 4.36. The molecule has 1 N–H and O–H groups in total. The van der Waals surface area contributed by atoms with Gasteiger partial charge in [-0.3, -0.25) is 0 Å². The molecule has 4 nitrogen and oxygen atoms in total. The number of methoxy groups -OCH3 is 2. The smallest absolute Gasteiger partial charge is 0.213 e. The molecule has 19 heavy (non-hydrogen) atoms. The summed E-state index contributed by atoms with van der Waals surface area (Å²) in [5.74, 6) is 1.28. The molecule has 0 aliphatic heterocycles. The van der Waals surface area contributed by atoms with Crippen LogP contribution in [0.2, 0.25) is 0 Å². The second-order valence-corrected chi connectivity index (χ2v) is 4.18. The van der Waals surface area contributed by atoms with Gasteiger partial charge in [-0.05, 0) is 23.8 Å². The third-order valence-electron chi connectivity index (χ3n) is 2.86. The molecule has 1 atom stereocenters. The van der Waals surface area contributed by atoms with Crippen molar-refractivity contribution in [2.75, 3.05) is 14.2 Å². The Bertz CT molecular complexity index is 542. The maximum absolute atomic E-state index is 10.2. The van der Waals surface area contributed by atoms with Crippen molar-refractivity contribution in [2.24, 2.45) is 0 Å². The summed E-state index contributed by atoms with van der Waals surface area (Å²) < 4.78 is 10.2. The summed E-state index contributed by atoms with van der Waals surface area (Å²) in [6.07, 6.45) is -0.181. The lowest BCUT2D eigenvalue weighted by Gasteiger charge is -2.11. The second kappa shape index (κ2) is 6.20. The number of hydrogen-bond donors (Lipinski definition) is 1. The van der Waals surface area contributed by atoms with Crippen molar-refractivity contribution in [2.45, 2.75) is 12.5 Å². The fourth-order valence-corrected chi connectivity index (χ4v) is 1.86. The minimum atomic E-state index is -0.665. The molecule has 0 bridgehead atoms. The Morgan fingerprint density at radius 1 is 1.11 bits per heavy atom. The summed E-state index contributed by atoms with van der Waals surface area (Å²) in [6.45, 7) is 0. The lowest BCUT2D eigenvalue weighted by molar-refractivity contribution is 0.172. The van der Waals surface area contributed by atoms with Gasteiger partial charge >= 0.3 is 0 Å². The summed E-state index contributed by atoms with van der Waals surface area (Å²) >= 11 is 0. The van der Waals surface area contributed by atoms with Gasteiger partial charge in [0.25, 0.3) is 0 Å². The van der Waals surface area contributed by atoms with E-state index in [-0.39, 0.29) is 0 Å². The molecule has 0 saturated heterocycles. The van der Waals surface area contributed by atoms with Gasteiger partial charge in [0.05, 0.1) is 19.9 Å². The Labute approximate surface area is 112 Å². The van der Waals surface area contributed by atoms with E-state index in [0.717, 1.165) is 11.3 Å². The van der Waals surface area contributed by atoms with Crippen LogP contribution in [0.3, 0.4) is 0 Å². The zero-order chi connectivity index (χ0) is 13.7. The average Bonchev–Trinajstić information content (AvgIpc) is 2.47. The molecule has 4 heteroatoms. The van der Waals surface area contributed by atoms with Crippen LogP contribution < -0.4 is 9.47 Å². The lowest BCUT2D eigenvalue weighted by atomic mass is 10.1. The number of ether oxygens (including phenoxy) is 2. The number of pyridine rings is 1. The zero-order valence-electron chi connectivity index (χ0n) is 11.0. The first-order valence-corrected chi connectivity index (χ1v) is 6.05. The molecule has 0 fully saturated rings. The first-order chi connectivity index (χ1) is 9.22. The third-order valence-corrected chi connectivity index (χ3v) is 2.86. The Hall–Kier alpha value is -2.07. The molecule has 2 aromatic rings. The van der Waals surface area contributed by atoms with Crippen molar-refractivity contribution in [1.82, 2.24) is 4.98 Å². The van der Waals surface area contributed by atoms with Crippen molar-refractivity contribution in [3.63, 3.8) is 0 Å². The molecule has 0 amide bonds. The van der Waals surface area contributed by atoms with Crippen LogP contribution in [0.15, 0.2) is 42.5 Å². The van der Waals surface area contributed by atoms with E-state index in [1.54, 1.807) is 26.4 Å². The molecule has 1 unspecified atom stereocenters. The van der Waals surface area contributed by atoms with Crippen LogP contribution in [0.1, 0.15) is 17.4 Å². The van der Waals surface area contributed by atoms with E-state index >= 15 is 0 Å². The van der Waals surface area contributed by atoms with Crippen LogP contribution in [0.5, 0.6) is 11.6 Å². The van der Waals surface area contributed by atoms with E-state index in [4.69, 9.17) is 9.47 Å². The summed E-state index contributed by atoms with van der Waals surface area (Å²) in [5, 5.41) is 10.2. The van der Waals surface area contributed by atoms with Gasteiger partial charge in [0.1, 0.15) is 11.9 Å². The minimum Gasteiger partial charge on any atom is -0.497 e. The van der Waals surface area contributed by atoms with E-state index < -0.39 is 6.10 Å². The highest BCUT2D eigenvalue weighted by atomic mass is 16.5. The van der Waals surface area contributed by atoms with Crippen LogP contribution in [-0.4, -0.2) is 24.3 Å². The topological polar surface area (TPSA) is 51.6 Å². The molecular weight excluding hydrogens is 242 g/mol. The van der Waals surface area contributed by atoms with Gasteiger partial charge in [0, 0.05) is 12.5 Å². The highest BCUT2D eigenvalue weighted by Crippen LogP contribution is 2.21. The van der Waals surface area contributed by atoms with Crippen LogP contribution >= 0.6 is 0 Å². The summed E-state index contributed by atoms with van der Waals surface area (Å²) in [4.78, 5) is 4.23. The molecule has 1 aromatic heterocycles. The minimum absolute atomic E-state index is 0.483. The maximum atomic E-state index is 10.2. The molecule has 2 rings (SSSR count). The largest absolute Gasteiger partial charge is 0.497 e. The highest BCUT2D eigenvalue weighted by molar-refractivity contribution is 5.29. The SMILES string of the molecule is COc1cccc(CC(O)c2cccc(OC)n2)c1. The van der Waals surface area contributed by atoms with E-state index in [1.807, 2.05) is 30.3 Å². The third kappa shape index (κ3) is 3.45. The Balaban J connectivity index is 2.13. The predicted octanol–water partition coefficient (Wildman–Crippen LogP) is 2.37. The number of benzene rings is 1. The number of aromatic nitrogens is 1. The van der Waals surface area contributed by atoms with E-state index in [0.29, 0.717) is 18.0 Å². The number of nitrogens with zero attached hydrogens (tertiary/aromatic N) is 1. The zero-order valence-corrected chi connectivity index (χ0v) is 11.0. The summed E-state index contributed by atoms with van der Waals surface area (Å²) in [5.41, 5.74) is 1.60. The number of aliphatic hydroxyl groups excluding tert-OH is 1. The summed E-state index contributed by atoms with van der Waals surface area (Å²) in [7, 11) is 3.18. The standard InChI is InChI=1S/C15H17NO3/c1-18-12-6-3-5-11(9-12)10-14(17)13-7-4-8-15(16-13)19-2/h3-9,14,17H,10H2,1-2H3. The molecule has 0 aliphatic rings. The van der Waals surface area contributed by atoms with Crippen LogP contribution in [0, 0.1) is 0 Å². The molecule has 0 spiro atoms. The van der Waals surface area contributed by atoms with Crippen molar-refractivity contribution in [1.29, 1.82) is 0 Å². The fourth-order valence-electron chi connectivity index (χ4n) is 1.86. The molecule has 0 saturated carbocycles. The van der Waals surface area contributed by atoms with Crippen molar-refractivity contribution < 1.29 is 14.6 Å². The van der Waals surface area contributed by atoms with Gasteiger partial charge in [0.2, 0.25) is 5.88 Å². The lowest BCUT2D eigenvalue weighted by Crippen LogP contribution is -2.05. The number of rotatable bonds is 5. The second-order valence-electron chi connectivity index (χ2n) is 4.18. The van der Waals surface area contributed by atoms with Crippen LogP contribution in [0.4, 0.5) is 0 Å². The fraction of sp³-hybridized carbons (Fsp3) is 0.267.